The lowest BCUT2D eigenvalue weighted by molar-refractivity contribution is -0.133. The van der Waals surface area contributed by atoms with E-state index in [-0.39, 0.29) is 23.2 Å². The number of amides is 1. The van der Waals surface area contributed by atoms with E-state index in [1.54, 1.807) is 24.3 Å². The van der Waals surface area contributed by atoms with Crippen molar-refractivity contribution in [2.75, 3.05) is 25.9 Å². The average Bonchev–Trinajstić information content (AvgIpc) is 2.48. The Kier molecular flexibility index (Phi) is 7.51. The number of halogens is 1. The molecule has 0 spiro atoms. The summed E-state index contributed by atoms with van der Waals surface area (Å²) in [5.74, 6) is 0.113. The second kappa shape index (κ2) is 8.66. The number of nitrogens with zero attached hydrogens (tertiary/aromatic N) is 1. The fourth-order valence-electron chi connectivity index (χ4n) is 2.89. The van der Waals surface area contributed by atoms with Crippen LogP contribution in [0.25, 0.3) is 0 Å². The molecule has 7 heteroatoms. The maximum Gasteiger partial charge on any atom is 0.227 e. The van der Waals surface area contributed by atoms with Gasteiger partial charge in [0.05, 0.1) is 11.3 Å². The van der Waals surface area contributed by atoms with Crippen LogP contribution < -0.4 is 5.32 Å². The van der Waals surface area contributed by atoms with Crippen LogP contribution in [0.3, 0.4) is 0 Å². The van der Waals surface area contributed by atoms with E-state index in [9.17, 15) is 13.2 Å². The monoisotopic (exact) mass is 360 g/mol. The minimum atomic E-state index is -3.19. The third kappa shape index (κ3) is 5.48. The molecular formula is C16H25ClN2O3S. The molecule has 1 aromatic carbocycles. The van der Waals surface area contributed by atoms with Gasteiger partial charge in [0.2, 0.25) is 5.91 Å². The molecule has 0 aromatic heterocycles. The molecule has 0 unspecified atom stereocenters. The number of benzene rings is 1. The standard InChI is InChI=1S/C16H24N2O3S.ClH/c1-3-18(14-8-10-17-11-9-14)16(19)12-13-4-6-15(7-5-13)22(2,20)21;/h4-7,14,17H,3,8-12H2,1-2H3;1H. The molecule has 1 heterocycles. The minimum absolute atomic E-state index is 0. The van der Waals surface area contributed by atoms with Gasteiger partial charge < -0.3 is 10.2 Å². The Labute approximate surface area is 144 Å². The van der Waals surface area contributed by atoms with Gasteiger partial charge in [-0.3, -0.25) is 4.79 Å². The topological polar surface area (TPSA) is 66.5 Å². The predicted octanol–water partition coefficient (Wildman–Crippen LogP) is 1.65. The van der Waals surface area contributed by atoms with Crippen LogP contribution in [0.4, 0.5) is 0 Å². The van der Waals surface area contributed by atoms with Gasteiger partial charge in [0.1, 0.15) is 0 Å². The SMILES string of the molecule is CCN(C(=O)Cc1ccc(S(C)(=O)=O)cc1)C1CCNCC1.Cl. The van der Waals surface area contributed by atoms with E-state index in [0.29, 0.717) is 19.0 Å². The van der Waals surface area contributed by atoms with Crippen LogP contribution in [0.5, 0.6) is 0 Å². The maximum absolute atomic E-state index is 12.5. The van der Waals surface area contributed by atoms with Crippen LogP contribution in [-0.2, 0) is 21.1 Å². The third-order valence-corrected chi connectivity index (χ3v) is 5.25. The predicted molar refractivity (Wildman–Crippen MR) is 93.8 cm³/mol. The van der Waals surface area contributed by atoms with Crippen molar-refractivity contribution >= 4 is 28.2 Å². The quantitative estimate of drug-likeness (QED) is 0.867. The average molecular weight is 361 g/mol. The molecule has 1 amide bonds. The first kappa shape index (κ1) is 19.9. The third-order valence-electron chi connectivity index (χ3n) is 4.12. The first-order valence-corrected chi connectivity index (χ1v) is 9.60. The smallest absolute Gasteiger partial charge is 0.227 e. The second-order valence-corrected chi connectivity index (χ2v) is 7.77. The highest BCUT2D eigenvalue weighted by Crippen LogP contribution is 2.15. The van der Waals surface area contributed by atoms with Gasteiger partial charge in [0.15, 0.2) is 9.84 Å². The molecule has 1 aromatic rings. The lowest BCUT2D eigenvalue weighted by atomic mass is 10.0. The highest BCUT2D eigenvalue weighted by Gasteiger charge is 2.23. The summed E-state index contributed by atoms with van der Waals surface area (Å²) in [5.41, 5.74) is 0.852. The first-order chi connectivity index (χ1) is 10.4. The molecule has 1 saturated heterocycles. The number of hydrogen-bond acceptors (Lipinski definition) is 4. The summed E-state index contributed by atoms with van der Waals surface area (Å²) >= 11 is 0. The van der Waals surface area contributed by atoms with Gasteiger partial charge in [0, 0.05) is 18.8 Å². The van der Waals surface area contributed by atoms with E-state index in [2.05, 4.69) is 5.32 Å². The van der Waals surface area contributed by atoms with Gasteiger partial charge in [-0.15, -0.1) is 12.4 Å². The first-order valence-electron chi connectivity index (χ1n) is 7.71. The van der Waals surface area contributed by atoms with Crippen LogP contribution in [0.2, 0.25) is 0 Å². The Hall–Kier alpha value is -1.11. The fraction of sp³-hybridized carbons (Fsp3) is 0.562. The summed E-state index contributed by atoms with van der Waals surface area (Å²) < 4.78 is 22.9. The van der Waals surface area contributed by atoms with Crippen molar-refractivity contribution < 1.29 is 13.2 Å². The van der Waals surface area contributed by atoms with Crippen molar-refractivity contribution in [3.8, 4) is 0 Å². The number of hydrogen-bond donors (Lipinski definition) is 1. The van der Waals surface area contributed by atoms with Crippen LogP contribution in [0.15, 0.2) is 29.2 Å². The Balaban J connectivity index is 0.00000264. The van der Waals surface area contributed by atoms with Crippen molar-refractivity contribution in [3.05, 3.63) is 29.8 Å². The number of carbonyl (C=O) groups excluding carboxylic acids is 1. The Morgan fingerprint density at radius 3 is 2.26 bits per heavy atom. The number of rotatable bonds is 5. The fourth-order valence-corrected chi connectivity index (χ4v) is 3.52. The molecule has 1 aliphatic rings. The van der Waals surface area contributed by atoms with E-state index in [1.165, 1.54) is 6.26 Å². The van der Waals surface area contributed by atoms with Crippen LogP contribution in [-0.4, -0.2) is 51.2 Å². The normalized spacial score (nSPS) is 15.7. The van der Waals surface area contributed by atoms with Gasteiger partial charge in [-0.25, -0.2) is 8.42 Å². The summed E-state index contributed by atoms with van der Waals surface area (Å²) in [5, 5.41) is 3.31. The molecule has 1 fully saturated rings. The van der Waals surface area contributed by atoms with Gasteiger partial charge in [0.25, 0.3) is 0 Å². The molecule has 130 valence electrons. The number of piperidine rings is 1. The summed E-state index contributed by atoms with van der Waals surface area (Å²) in [6.45, 7) is 4.63. The van der Waals surface area contributed by atoms with Gasteiger partial charge in [-0.1, -0.05) is 12.1 Å². The largest absolute Gasteiger partial charge is 0.340 e. The summed E-state index contributed by atoms with van der Waals surface area (Å²) in [7, 11) is -3.19. The van der Waals surface area contributed by atoms with Crippen molar-refractivity contribution in [1.82, 2.24) is 10.2 Å². The van der Waals surface area contributed by atoms with Gasteiger partial charge in [-0.2, -0.15) is 0 Å². The highest BCUT2D eigenvalue weighted by molar-refractivity contribution is 7.90. The zero-order valence-corrected chi connectivity index (χ0v) is 15.3. The summed E-state index contributed by atoms with van der Waals surface area (Å²) in [6.07, 6.45) is 3.49. The van der Waals surface area contributed by atoms with Crippen molar-refractivity contribution in [3.63, 3.8) is 0 Å². The van der Waals surface area contributed by atoms with E-state index in [4.69, 9.17) is 0 Å². The van der Waals surface area contributed by atoms with E-state index in [0.717, 1.165) is 31.5 Å². The molecular weight excluding hydrogens is 336 g/mol. The molecule has 0 saturated carbocycles. The maximum atomic E-state index is 12.5. The van der Waals surface area contributed by atoms with Crippen LogP contribution >= 0.6 is 12.4 Å². The van der Waals surface area contributed by atoms with Crippen LogP contribution in [0, 0.1) is 0 Å². The molecule has 23 heavy (non-hydrogen) atoms. The van der Waals surface area contributed by atoms with E-state index in [1.807, 2.05) is 11.8 Å². The Morgan fingerprint density at radius 2 is 1.78 bits per heavy atom. The lowest BCUT2D eigenvalue weighted by Gasteiger charge is -2.34. The number of carbonyl (C=O) groups is 1. The lowest BCUT2D eigenvalue weighted by Crippen LogP contribution is -2.46. The zero-order chi connectivity index (χ0) is 16.2. The van der Waals surface area contributed by atoms with E-state index < -0.39 is 9.84 Å². The highest BCUT2D eigenvalue weighted by atomic mass is 35.5. The minimum Gasteiger partial charge on any atom is -0.340 e. The van der Waals surface area contributed by atoms with Gasteiger partial charge >= 0.3 is 0 Å². The Morgan fingerprint density at radius 1 is 1.22 bits per heavy atom. The Bertz CT molecular complexity index is 611. The zero-order valence-electron chi connectivity index (χ0n) is 13.6. The second-order valence-electron chi connectivity index (χ2n) is 5.75. The number of sulfone groups is 1. The molecule has 0 aliphatic carbocycles. The van der Waals surface area contributed by atoms with Crippen molar-refractivity contribution in [1.29, 1.82) is 0 Å². The molecule has 1 aliphatic heterocycles. The van der Waals surface area contributed by atoms with Gasteiger partial charge in [-0.05, 0) is 50.6 Å². The van der Waals surface area contributed by atoms with Crippen LogP contribution in [0.1, 0.15) is 25.3 Å². The molecule has 0 radical (unpaired) electrons. The molecule has 1 N–H and O–H groups in total. The van der Waals surface area contributed by atoms with Crippen molar-refractivity contribution in [2.45, 2.75) is 37.1 Å². The molecule has 2 rings (SSSR count). The molecule has 0 bridgehead atoms. The van der Waals surface area contributed by atoms with E-state index >= 15 is 0 Å². The summed E-state index contributed by atoms with van der Waals surface area (Å²) in [4.78, 5) is 14.7. The molecule has 5 nitrogen and oxygen atoms in total. The number of nitrogens with one attached hydrogen (secondary N) is 1. The van der Waals surface area contributed by atoms with Crippen molar-refractivity contribution in [2.24, 2.45) is 0 Å². The summed E-state index contributed by atoms with van der Waals surface area (Å²) in [6, 6.07) is 6.90. The number of likely N-dealkylation sites (N-methyl/N-ethyl adjacent to an activating group) is 1. The molecule has 0 atom stereocenters.